The van der Waals surface area contributed by atoms with Crippen LogP contribution < -0.4 is 4.90 Å². The van der Waals surface area contributed by atoms with E-state index in [1.54, 1.807) is 0 Å². The fourth-order valence-electron chi connectivity index (χ4n) is 7.70. The normalized spacial score (nSPS) is 11.5. The summed E-state index contributed by atoms with van der Waals surface area (Å²) >= 11 is 0. The molecule has 2 nitrogen and oxygen atoms in total. The summed E-state index contributed by atoms with van der Waals surface area (Å²) in [6, 6.07) is 71.7. The quantitative estimate of drug-likeness (QED) is 0.176. The minimum Gasteiger partial charge on any atom is -0.456 e. The van der Waals surface area contributed by atoms with Crippen molar-refractivity contribution < 1.29 is 4.42 Å². The summed E-state index contributed by atoms with van der Waals surface area (Å²) in [5, 5.41) is 7.30. The highest BCUT2D eigenvalue weighted by atomic mass is 16.3. The van der Waals surface area contributed by atoms with E-state index in [-0.39, 0.29) is 0 Å². The van der Waals surface area contributed by atoms with Crippen LogP contribution in [-0.4, -0.2) is 0 Å². The molecule has 0 unspecified atom stereocenters. The van der Waals surface area contributed by atoms with Crippen molar-refractivity contribution in [2.75, 3.05) is 4.90 Å². The average molecular weight is 664 g/mol. The molecular formula is C50H33NO. The van der Waals surface area contributed by atoms with Crippen molar-refractivity contribution >= 4 is 60.5 Å². The number of para-hydroxylation sites is 2. The number of rotatable bonds is 6. The molecule has 52 heavy (non-hydrogen) atoms. The van der Waals surface area contributed by atoms with Gasteiger partial charge in [0, 0.05) is 27.8 Å². The van der Waals surface area contributed by atoms with Gasteiger partial charge in [-0.15, -0.1) is 0 Å². The molecule has 10 aromatic rings. The van der Waals surface area contributed by atoms with Crippen LogP contribution in [0.4, 0.5) is 17.1 Å². The average Bonchev–Trinajstić information content (AvgIpc) is 3.60. The third kappa shape index (κ3) is 5.21. The summed E-state index contributed by atoms with van der Waals surface area (Å²) in [6.07, 6.45) is 0. The summed E-state index contributed by atoms with van der Waals surface area (Å²) in [4.78, 5) is 2.32. The molecule has 0 spiro atoms. The summed E-state index contributed by atoms with van der Waals surface area (Å²) in [6.45, 7) is 0. The van der Waals surface area contributed by atoms with E-state index < -0.39 is 0 Å². The summed E-state index contributed by atoms with van der Waals surface area (Å²) in [7, 11) is 0. The number of fused-ring (bicyclic) bond motifs is 5. The van der Waals surface area contributed by atoms with Gasteiger partial charge in [0.15, 0.2) is 0 Å². The lowest BCUT2D eigenvalue weighted by atomic mass is 9.95. The number of furan rings is 1. The third-order valence-corrected chi connectivity index (χ3v) is 10.3. The van der Waals surface area contributed by atoms with Gasteiger partial charge in [0.1, 0.15) is 11.2 Å². The zero-order chi connectivity index (χ0) is 34.4. The smallest absolute Gasteiger partial charge is 0.136 e. The van der Waals surface area contributed by atoms with Crippen LogP contribution in [0.2, 0.25) is 0 Å². The molecule has 1 aromatic heterocycles. The molecule has 0 aliphatic heterocycles. The minimum absolute atomic E-state index is 0.908. The first-order valence-corrected chi connectivity index (χ1v) is 17.8. The van der Waals surface area contributed by atoms with Crippen LogP contribution in [0.15, 0.2) is 205 Å². The summed E-state index contributed by atoms with van der Waals surface area (Å²) < 4.78 is 6.18. The molecule has 244 valence electrons. The van der Waals surface area contributed by atoms with E-state index in [9.17, 15) is 0 Å². The maximum atomic E-state index is 6.18. The first-order valence-electron chi connectivity index (χ1n) is 17.8. The van der Waals surface area contributed by atoms with Gasteiger partial charge < -0.3 is 9.32 Å². The molecule has 0 N–H and O–H groups in total. The Morgan fingerprint density at radius 3 is 1.63 bits per heavy atom. The Bertz CT molecular complexity index is 2880. The number of nitrogens with zero attached hydrogens (tertiary/aromatic N) is 1. The second-order valence-electron chi connectivity index (χ2n) is 13.3. The molecule has 1 heterocycles. The summed E-state index contributed by atoms with van der Waals surface area (Å²) in [5.74, 6) is 0. The molecule has 0 amide bonds. The number of hydrogen-bond donors (Lipinski definition) is 0. The molecule has 0 saturated heterocycles. The number of hydrogen-bond acceptors (Lipinski definition) is 2. The molecule has 0 fully saturated rings. The lowest BCUT2D eigenvalue weighted by molar-refractivity contribution is 0.669. The summed E-state index contributed by atoms with van der Waals surface area (Å²) in [5.41, 5.74) is 12.4. The van der Waals surface area contributed by atoms with E-state index >= 15 is 0 Å². The minimum atomic E-state index is 0.908. The highest BCUT2D eigenvalue weighted by Gasteiger charge is 2.16. The molecule has 0 radical (unpaired) electrons. The predicted octanol–water partition coefficient (Wildman–Crippen LogP) is 14.4. The van der Waals surface area contributed by atoms with Crippen LogP contribution in [0.25, 0.3) is 76.9 Å². The van der Waals surface area contributed by atoms with Crippen molar-refractivity contribution in [3.63, 3.8) is 0 Å². The Labute approximate surface area is 302 Å². The van der Waals surface area contributed by atoms with Gasteiger partial charge in [-0.2, -0.15) is 0 Å². The largest absolute Gasteiger partial charge is 0.456 e. The van der Waals surface area contributed by atoms with Gasteiger partial charge in [-0.05, 0) is 116 Å². The Morgan fingerprint density at radius 1 is 0.308 bits per heavy atom. The van der Waals surface area contributed by atoms with Gasteiger partial charge in [0.25, 0.3) is 0 Å². The molecule has 0 atom stereocenters. The van der Waals surface area contributed by atoms with Crippen LogP contribution in [0.3, 0.4) is 0 Å². The Morgan fingerprint density at radius 2 is 0.846 bits per heavy atom. The van der Waals surface area contributed by atoms with Crippen LogP contribution in [-0.2, 0) is 0 Å². The first kappa shape index (κ1) is 30.0. The van der Waals surface area contributed by atoms with Gasteiger partial charge >= 0.3 is 0 Å². The Balaban J connectivity index is 0.974. The molecule has 10 rings (SSSR count). The third-order valence-electron chi connectivity index (χ3n) is 10.3. The fraction of sp³-hybridized carbons (Fsp3) is 0. The van der Waals surface area contributed by atoms with Crippen molar-refractivity contribution in [2.24, 2.45) is 0 Å². The lowest BCUT2D eigenvalue weighted by Gasteiger charge is -2.26. The van der Waals surface area contributed by atoms with E-state index in [4.69, 9.17) is 4.42 Å². The van der Waals surface area contributed by atoms with Gasteiger partial charge in [0.05, 0.1) is 0 Å². The van der Waals surface area contributed by atoms with E-state index in [0.29, 0.717) is 0 Å². The van der Waals surface area contributed by atoms with Gasteiger partial charge in [-0.3, -0.25) is 0 Å². The van der Waals surface area contributed by atoms with Crippen LogP contribution in [0, 0.1) is 0 Å². The van der Waals surface area contributed by atoms with Crippen molar-refractivity contribution in [1.82, 2.24) is 0 Å². The molecule has 0 aliphatic rings. The standard InChI is InChI=1S/C50H33NO/c1-2-12-41(13-3-1)51(43-30-26-36(27-31-43)46-17-9-19-49-50(46)47-15-6-7-18-48(47)52-49)42-28-24-34(25-29-42)37-20-21-39-33-40(23-22-38(39)32-37)45-16-8-11-35-10-4-5-14-44(35)45/h1-33H. The van der Waals surface area contributed by atoms with Gasteiger partial charge in [0.2, 0.25) is 0 Å². The van der Waals surface area contributed by atoms with Crippen molar-refractivity contribution in [2.45, 2.75) is 0 Å². The highest BCUT2D eigenvalue weighted by Crippen LogP contribution is 2.40. The molecule has 9 aromatic carbocycles. The van der Waals surface area contributed by atoms with E-state index in [0.717, 1.165) is 44.6 Å². The number of benzene rings is 9. The molecule has 2 heteroatoms. The second kappa shape index (κ2) is 12.5. The van der Waals surface area contributed by atoms with E-state index in [1.165, 1.54) is 49.4 Å². The molecular weight excluding hydrogens is 631 g/mol. The highest BCUT2D eigenvalue weighted by molar-refractivity contribution is 6.12. The number of anilines is 3. The van der Waals surface area contributed by atoms with Crippen LogP contribution in [0.1, 0.15) is 0 Å². The zero-order valence-electron chi connectivity index (χ0n) is 28.4. The van der Waals surface area contributed by atoms with Crippen LogP contribution in [0.5, 0.6) is 0 Å². The fourth-order valence-corrected chi connectivity index (χ4v) is 7.70. The SMILES string of the molecule is c1ccc(N(c2ccc(-c3ccc4cc(-c5cccc6ccccc56)ccc4c3)cc2)c2ccc(-c3cccc4oc5ccccc5c34)cc2)cc1. The predicted molar refractivity (Wildman–Crippen MR) is 220 cm³/mol. The Kier molecular flexibility index (Phi) is 7.18. The van der Waals surface area contributed by atoms with Gasteiger partial charge in [-0.1, -0.05) is 140 Å². The second-order valence-corrected chi connectivity index (χ2v) is 13.3. The maximum absolute atomic E-state index is 6.18. The zero-order valence-corrected chi connectivity index (χ0v) is 28.4. The van der Waals surface area contributed by atoms with Crippen LogP contribution >= 0.6 is 0 Å². The molecule has 0 aliphatic carbocycles. The maximum Gasteiger partial charge on any atom is 0.136 e. The molecule has 0 saturated carbocycles. The van der Waals surface area contributed by atoms with Crippen molar-refractivity contribution in [1.29, 1.82) is 0 Å². The molecule has 0 bridgehead atoms. The topological polar surface area (TPSA) is 16.4 Å². The van der Waals surface area contributed by atoms with Gasteiger partial charge in [-0.25, -0.2) is 0 Å². The van der Waals surface area contributed by atoms with Crippen molar-refractivity contribution in [3.05, 3.63) is 200 Å². The van der Waals surface area contributed by atoms with E-state index in [2.05, 4.69) is 193 Å². The monoisotopic (exact) mass is 663 g/mol. The van der Waals surface area contributed by atoms with Crippen molar-refractivity contribution in [3.8, 4) is 33.4 Å². The van der Waals surface area contributed by atoms with E-state index in [1.807, 2.05) is 12.1 Å². The Hall–Kier alpha value is -6.90. The lowest BCUT2D eigenvalue weighted by Crippen LogP contribution is -2.09. The first-order chi connectivity index (χ1) is 25.8.